The molecule has 1 aromatic carbocycles. The van der Waals surface area contributed by atoms with Crippen LogP contribution >= 0.6 is 11.6 Å². The third kappa shape index (κ3) is 2.87. The van der Waals surface area contributed by atoms with Gasteiger partial charge in [0.2, 0.25) is 0 Å². The number of rotatable bonds is 4. The molecule has 8 heteroatoms. The van der Waals surface area contributed by atoms with Gasteiger partial charge < -0.3 is 0 Å². The first-order valence-electron chi connectivity index (χ1n) is 5.43. The second-order valence-corrected chi connectivity index (χ2v) is 5.82. The van der Waals surface area contributed by atoms with Crippen LogP contribution in [0, 0.1) is 5.82 Å². The molecule has 0 aliphatic rings. The van der Waals surface area contributed by atoms with E-state index in [1.54, 1.807) is 0 Å². The van der Waals surface area contributed by atoms with Gasteiger partial charge in [0.15, 0.2) is 0 Å². The van der Waals surface area contributed by atoms with E-state index in [2.05, 4.69) is 9.82 Å². The summed E-state index contributed by atoms with van der Waals surface area (Å²) in [6.45, 7) is 2.36. The summed E-state index contributed by atoms with van der Waals surface area (Å²) >= 11 is 5.77. The van der Waals surface area contributed by atoms with E-state index in [0.717, 1.165) is 6.07 Å². The van der Waals surface area contributed by atoms with E-state index in [-0.39, 0.29) is 15.6 Å². The van der Waals surface area contributed by atoms with Crippen molar-refractivity contribution in [2.75, 3.05) is 4.72 Å². The van der Waals surface area contributed by atoms with E-state index in [9.17, 15) is 12.8 Å². The number of benzene rings is 1. The summed E-state index contributed by atoms with van der Waals surface area (Å²) in [5.74, 6) is -0.737. The van der Waals surface area contributed by atoms with Crippen molar-refractivity contribution in [1.29, 1.82) is 0 Å². The Labute approximate surface area is 115 Å². The molecular formula is C11H11ClFN3O2S. The SMILES string of the molecule is CCn1cc(S(=O)(=O)Nc2c(F)cccc2Cl)cn1. The van der Waals surface area contributed by atoms with Gasteiger partial charge in [-0.2, -0.15) is 5.10 Å². The Hall–Kier alpha value is -1.60. The normalized spacial score (nSPS) is 11.5. The lowest BCUT2D eigenvalue weighted by Crippen LogP contribution is -2.13. The van der Waals surface area contributed by atoms with Gasteiger partial charge in [0.25, 0.3) is 10.0 Å². The predicted octanol–water partition coefficient (Wildman–Crippen LogP) is 2.50. The number of para-hydroxylation sites is 1. The van der Waals surface area contributed by atoms with Gasteiger partial charge in [0.05, 0.1) is 11.2 Å². The summed E-state index contributed by atoms with van der Waals surface area (Å²) in [6, 6.07) is 3.92. The topological polar surface area (TPSA) is 64.0 Å². The van der Waals surface area contributed by atoms with Gasteiger partial charge in [0.1, 0.15) is 16.4 Å². The van der Waals surface area contributed by atoms with Gasteiger partial charge in [-0.25, -0.2) is 12.8 Å². The van der Waals surface area contributed by atoms with E-state index >= 15 is 0 Å². The monoisotopic (exact) mass is 303 g/mol. The zero-order valence-corrected chi connectivity index (χ0v) is 11.5. The lowest BCUT2D eigenvalue weighted by atomic mass is 10.3. The highest BCUT2D eigenvalue weighted by atomic mass is 35.5. The lowest BCUT2D eigenvalue weighted by molar-refractivity contribution is 0.598. The molecule has 0 amide bonds. The zero-order valence-electron chi connectivity index (χ0n) is 9.97. The molecule has 0 saturated heterocycles. The van der Waals surface area contributed by atoms with E-state index in [0.29, 0.717) is 6.54 Å². The second kappa shape index (κ2) is 5.18. The Morgan fingerprint density at radius 2 is 2.21 bits per heavy atom. The second-order valence-electron chi connectivity index (χ2n) is 3.73. The maximum absolute atomic E-state index is 13.5. The minimum Gasteiger partial charge on any atom is -0.275 e. The maximum atomic E-state index is 13.5. The van der Waals surface area contributed by atoms with Gasteiger partial charge in [-0.3, -0.25) is 9.40 Å². The quantitative estimate of drug-likeness (QED) is 0.944. The molecule has 1 N–H and O–H groups in total. The van der Waals surface area contributed by atoms with Crippen molar-refractivity contribution in [1.82, 2.24) is 9.78 Å². The number of nitrogens with one attached hydrogen (secondary N) is 1. The molecule has 0 unspecified atom stereocenters. The Morgan fingerprint density at radius 3 is 2.79 bits per heavy atom. The third-order valence-corrected chi connectivity index (χ3v) is 4.06. The summed E-state index contributed by atoms with van der Waals surface area (Å²) in [5.41, 5.74) is -0.270. The predicted molar refractivity (Wildman–Crippen MR) is 70.1 cm³/mol. The number of hydrogen-bond donors (Lipinski definition) is 1. The first kappa shape index (κ1) is 13.8. The van der Waals surface area contributed by atoms with Crippen molar-refractivity contribution < 1.29 is 12.8 Å². The Bertz CT molecular complexity index is 679. The largest absolute Gasteiger partial charge is 0.275 e. The van der Waals surface area contributed by atoms with Gasteiger partial charge in [-0.1, -0.05) is 17.7 Å². The van der Waals surface area contributed by atoms with Crippen LogP contribution in [-0.4, -0.2) is 18.2 Å². The number of nitrogens with zero attached hydrogens (tertiary/aromatic N) is 2. The van der Waals surface area contributed by atoms with Crippen LogP contribution in [0.25, 0.3) is 0 Å². The van der Waals surface area contributed by atoms with Crippen LogP contribution < -0.4 is 4.72 Å². The minimum absolute atomic E-state index is 0.00791. The third-order valence-electron chi connectivity index (χ3n) is 2.44. The lowest BCUT2D eigenvalue weighted by Gasteiger charge is -2.08. The molecule has 19 heavy (non-hydrogen) atoms. The van der Waals surface area contributed by atoms with Crippen molar-refractivity contribution in [2.24, 2.45) is 0 Å². The molecular weight excluding hydrogens is 293 g/mol. The number of halogens is 2. The van der Waals surface area contributed by atoms with Crippen LogP contribution in [0.15, 0.2) is 35.5 Å². The Kier molecular flexibility index (Phi) is 3.77. The van der Waals surface area contributed by atoms with Crippen molar-refractivity contribution in [3.63, 3.8) is 0 Å². The van der Waals surface area contributed by atoms with Crippen molar-refractivity contribution in [3.05, 3.63) is 41.4 Å². The number of aromatic nitrogens is 2. The molecule has 0 spiro atoms. The number of anilines is 1. The summed E-state index contributed by atoms with van der Waals surface area (Å²) in [7, 11) is -3.91. The molecule has 102 valence electrons. The van der Waals surface area contributed by atoms with Gasteiger partial charge >= 0.3 is 0 Å². The minimum atomic E-state index is -3.91. The fourth-order valence-corrected chi connectivity index (χ4v) is 2.75. The molecule has 5 nitrogen and oxygen atoms in total. The molecule has 1 heterocycles. The van der Waals surface area contributed by atoms with Crippen molar-refractivity contribution in [2.45, 2.75) is 18.4 Å². The average Bonchev–Trinajstić information content (AvgIpc) is 2.83. The van der Waals surface area contributed by atoms with Gasteiger partial charge in [-0.15, -0.1) is 0 Å². The molecule has 0 aliphatic carbocycles. The summed E-state index contributed by atoms with van der Waals surface area (Å²) < 4.78 is 41.2. The molecule has 1 aromatic heterocycles. The van der Waals surface area contributed by atoms with E-state index < -0.39 is 15.8 Å². The number of hydrogen-bond acceptors (Lipinski definition) is 3. The standard InChI is InChI=1S/C11H11ClFN3O2S/c1-2-16-7-8(6-14-16)19(17,18)15-11-9(12)4-3-5-10(11)13/h3-7,15H,2H2,1H3. The van der Waals surface area contributed by atoms with E-state index in [1.807, 2.05) is 6.92 Å². The van der Waals surface area contributed by atoms with Crippen LogP contribution in [0.5, 0.6) is 0 Å². The first-order valence-corrected chi connectivity index (χ1v) is 7.29. The summed E-state index contributed by atoms with van der Waals surface area (Å²) in [5, 5.41) is 3.85. The van der Waals surface area contributed by atoms with Crippen molar-refractivity contribution in [3.8, 4) is 0 Å². The van der Waals surface area contributed by atoms with Gasteiger partial charge in [-0.05, 0) is 19.1 Å². The van der Waals surface area contributed by atoms with Crippen LogP contribution in [0.2, 0.25) is 5.02 Å². The number of sulfonamides is 1. The smallest absolute Gasteiger partial charge is 0.265 e. The first-order chi connectivity index (χ1) is 8.94. The molecule has 0 radical (unpaired) electrons. The molecule has 2 rings (SSSR count). The van der Waals surface area contributed by atoms with Crippen molar-refractivity contribution >= 4 is 27.3 Å². The Balaban J connectivity index is 2.36. The van der Waals surface area contributed by atoms with Crippen LogP contribution in [0.4, 0.5) is 10.1 Å². The molecule has 2 aromatic rings. The summed E-state index contributed by atoms with van der Waals surface area (Å²) in [6.07, 6.45) is 2.55. The molecule has 0 saturated carbocycles. The highest BCUT2D eigenvalue weighted by Crippen LogP contribution is 2.27. The zero-order chi connectivity index (χ0) is 14.0. The van der Waals surface area contributed by atoms with Crippen LogP contribution in [-0.2, 0) is 16.6 Å². The van der Waals surface area contributed by atoms with E-state index in [1.165, 1.54) is 29.2 Å². The Morgan fingerprint density at radius 1 is 1.47 bits per heavy atom. The molecule has 0 aliphatic heterocycles. The average molecular weight is 304 g/mol. The molecule has 0 fully saturated rings. The highest BCUT2D eigenvalue weighted by molar-refractivity contribution is 7.92. The van der Waals surface area contributed by atoms with Crippen LogP contribution in [0.3, 0.4) is 0 Å². The highest BCUT2D eigenvalue weighted by Gasteiger charge is 2.19. The fraction of sp³-hybridized carbons (Fsp3) is 0.182. The number of aryl methyl sites for hydroxylation is 1. The molecule has 0 atom stereocenters. The fourth-order valence-electron chi connectivity index (χ4n) is 1.44. The molecule has 0 bridgehead atoms. The van der Waals surface area contributed by atoms with E-state index in [4.69, 9.17) is 11.6 Å². The van der Waals surface area contributed by atoms with Crippen LogP contribution in [0.1, 0.15) is 6.92 Å². The van der Waals surface area contributed by atoms with Gasteiger partial charge in [0, 0.05) is 12.7 Å². The maximum Gasteiger partial charge on any atom is 0.265 e. The summed E-state index contributed by atoms with van der Waals surface area (Å²) in [4.78, 5) is -0.0475.